The Bertz CT molecular complexity index is 849. The van der Waals surface area contributed by atoms with E-state index >= 15 is 0 Å². The molecular weight excluding hydrogens is 290 g/mol. The Labute approximate surface area is 126 Å². The van der Waals surface area contributed by atoms with Crippen molar-refractivity contribution in [3.05, 3.63) is 40.1 Å². The molecular formula is C14H14ClN5O. The van der Waals surface area contributed by atoms with E-state index in [2.05, 4.69) is 15.1 Å². The predicted octanol–water partition coefficient (Wildman–Crippen LogP) is 2.30. The first-order valence-corrected chi connectivity index (χ1v) is 6.84. The maximum absolute atomic E-state index is 11.1. The number of pyridine rings is 1. The zero-order valence-electron chi connectivity index (χ0n) is 12.0. The molecule has 0 aromatic carbocycles. The molecule has 0 fully saturated rings. The fourth-order valence-electron chi connectivity index (χ4n) is 2.38. The predicted molar refractivity (Wildman–Crippen MR) is 79.7 cm³/mol. The Hall–Kier alpha value is -2.21. The van der Waals surface area contributed by atoms with Gasteiger partial charge in [-0.1, -0.05) is 11.6 Å². The molecule has 0 bridgehead atoms. The van der Waals surface area contributed by atoms with Crippen LogP contribution in [-0.2, 0) is 13.6 Å². The highest BCUT2D eigenvalue weighted by molar-refractivity contribution is 6.37. The topological polar surface area (TPSA) is 65.6 Å². The number of hydrogen-bond acceptors (Lipinski definition) is 4. The van der Waals surface area contributed by atoms with E-state index in [4.69, 9.17) is 11.6 Å². The molecule has 108 valence electrons. The zero-order valence-corrected chi connectivity index (χ0v) is 12.7. The summed E-state index contributed by atoms with van der Waals surface area (Å²) in [6.45, 7) is 4.27. The summed E-state index contributed by atoms with van der Waals surface area (Å²) in [6, 6.07) is 0. The normalized spacial score (nSPS) is 11.2. The van der Waals surface area contributed by atoms with Gasteiger partial charge in [0.2, 0.25) is 0 Å². The van der Waals surface area contributed by atoms with Crippen LogP contribution >= 0.6 is 11.6 Å². The van der Waals surface area contributed by atoms with E-state index in [0.717, 1.165) is 17.7 Å². The number of carbonyl (C=O) groups excluding carboxylic acids is 1. The number of rotatable bonds is 3. The molecule has 3 aromatic heterocycles. The molecule has 0 unspecified atom stereocenters. The van der Waals surface area contributed by atoms with E-state index in [1.165, 1.54) is 0 Å². The average molecular weight is 304 g/mol. The molecule has 3 heterocycles. The van der Waals surface area contributed by atoms with Gasteiger partial charge < -0.3 is 4.57 Å². The molecule has 0 amide bonds. The Morgan fingerprint density at radius 2 is 2.10 bits per heavy atom. The summed E-state index contributed by atoms with van der Waals surface area (Å²) in [5.74, 6) is 0.797. The van der Waals surface area contributed by atoms with E-state index in [-0.39, 0.29) is 0 Å². The number of halogens is 1. The summed E-state index contributed by atoms with van der Waals surface area (Å²) in [6.07, 6.45) is 4.47. The molecule has 3 aromatic rings. The van der Waals surface area contributed by atoms with Crippen LogP contribution < -0.4 is 0 Å². The second kappa shape index (κ2) is 4.96. The van der Waals surface area contributed by atoms with Crippen molar-refractivity contribution in [3.63, 3.8) is 0 Å². The van der Waals surface area contributed by atoms with Crippen molar-refractivity contribution in [2.75, 3.05) is 0 Å². The number of aryl methyl sites for hydroxylation is 3. The average Bonchev–Trinajstić information content (AvgIpc) is 2.97. The quantitative estimate of drug-likeness (QED) is 0.696. The fourth-order valence-corrected chi connectivity index (χ4v) is 2.69. The van der Waals surface area contributed by atoms with Gasteiger partial charge >= 0.3 is 0 Å². The molecule has 3 rings (SSSR count). The van der Waals surface area contributed by atoms with Crippen LogP contribution in [0.4, 0.5) is 0 Å². The van der Waals surface area contributed by atoms with E-state index in [0.29, 0.717) is 34.0 Å². The lowest BCUT2D eigenvalue weighted by Gasteiger charge is -2.06. The van der Waals surface area contributed by atoms with Crippen molar-refractivity contribution < 1.29 is 4.79 Å². The monoisotopic (exact) mass is 303 g/mol. The van der Waals surface area contributed by atoms with Crippen LogP contribution in [0.1, 0.15) is 27.4 Å². The van der Waals surface area contributed by atoms with Gasteiger partial charge in [-0.2, -0.15) is 5.10 Å². The summed E-state index contributed by atoms with van der Waals surface area (Å²) < 4.78 is 3.72. The first-order valence-electron chi connectivity index (χ1n) is 6.47. The second-order valence-electron chi connectivity index (χ2n) is 4.98. The maximum atomic E-state index is 11.1. The van der Waals surface area contributed by atoms with Gasteiger partial charge in [0.05, 0.1) is 29.0 Å². The third-order valence-corrected chi connectivity index (χ3v) is 3.84. The Morgan fingerprint density at radius 3 is 2.71 bits per heavy atom. The molecule has 6 nitrogen and oxygen atoms in total. The summed E-state index contributed by atoms with van der Waals surface area (Å²) in [5.41, 5.74) is 3.30. The smallest absolute Gasteiger partial charge is 0.162 e. The third kappa shape index (κ3) is 2.21. The lowest BCUT2D eigenvalue weighted by molar-refractivity contribution is 0.112. The molecule has 0 saturated heterocycles. The number of aromatic nitrogens is 5. The SMILES string of the molecule is Cc1nc2c(nc(C)n2Cc2cnn(C)c2)c(Cl)c1C=O. The van der Waals surface area contributed by atoms with E-state index < -0.39 is 0 Å². The molecule has 0 aliphatic carbocycles. The number of carbonyl (C=O) groups is 1. The summed E-state index contributed by atoms with van der Waals surface area (Å²) in [7, 11) is 1.87. The molecule has 21 heavy (non-hydrogen) atoms. The van der Waals surface area contributed by atoms with Gasteiger partial charge in [0.15, 0.2) is 11.9 Å². The third-order valence-electron chi connectivity index (χ3n) is 3.46. The number of fused-ring (bicyclic) bond motifs is 1. The van der Waals surface area contributed by atoms with Gasteiger partial charge in [-0.25, -0.2) is 9.97 Å². The molecule has 0 spiro atoms. The Balaban J connectivity index is 2.19. The number of hydrogen-bond donors (Lipinski definition) is 0. The van der Waals surface area contributed by atoms with Crippen LogP contribution in [0.3, 0.4) is 0 Å². The molecule has 0 N–H and O–H groups in total. The summed E-state index contributed by atoms with van der Waals surface area (Å²) in [4.78, 5) is 20.0. The van der Waals surface area contributed by atoms with Crippen LogP contribution in [-0.4, -0.2) is 30.6 Å². The van der Waals surface area contributed by atoms with Gasteiger partial charge in [-0.05, 0) is 13.8 Å². The van der Waals surface area contributed by atoms with Crippen LogP contribution in [0.15, 0.2) is 12.4 Å². The zero-order chi connectivity index (χ0) is 15.1. The second-order valence-corrected chi connectivity index (χ2v) is 5.36. The summed E-state index contributed by atoms with van der Waals surface area (Å²) in [5, 5.41) is 4.52. The van der Waals surface area contributed by atoms with E-state index in [1.807, 2.05) is 24.7 Å². The van der Waals surface area contributed by atoms with Gasteiger partial charge in [0, 0.05) is 18.8 Å². The summed E-state index contributed by atoms with van der Waals surface area (Å²) >= 11 is 6.28. The van der Waals surface area contributed by atoms with Crippen LogP contribution in [0.25, 0.3) is 11.2 Å². The van der Waals surface area contributed by atoms with Crippen molar-refractivity contribution in [2.24, 2.45) is 7.05 Å². The number of aldehydes is 1. The molecule has 7 heteroatoms. The largest absolute Gasteiger partial charge is 0.308 e. The molecule has 0 aliphatic heterocycles. The first kappa shape index (κ1) is 13.8. The van der Waals surface area contributed by atoms with Gasteiger partial charge in [0.25, 0.3) is 0 Å². The highest BCUT2D eigenvalue weighted by Crippen LogP contribution is 2.27. The fraction of sp³-hybridized carbons (Fsp3) is 0.286. The van der Waals surface area contributed by atoms with Crippen molar-refractivity contribution in [2.45, 2.75) is 20.4 Å². The van der Waals surface area contributed by atoms with Crippen molar-refractivity contribution in [1.29, 1.82) is 0 Å². The minimum atomic E-state index is 0.362. The molecule has 0 saturated carbocycles. The van der Waals surface area contributed by atoms with Crippen LogP contribution in [0.2, 0.25) is 5.02 Å². The van der Waals surface area contributed by atoms with Gasteiger partial charge in [-0.15, -0.1) is 0 Å². The standard InChI is InChI=1S/C14H14ClN5O/c1-8-11(7-21)12(15)13-14(17-8)20(9(2)18-13)6-10-4-16-19(3)5-10/h4-5,7H,6H2,1-3H3. The van der Waals surface area contributed by atoms with Gasteiger partial charge in [-0.3, -0.25) is 9.48 Å². The molecule has 0 atom stereocenters. The van der Waals surface area contributed by atoms with E-state index in [1.54, 1.807) is 17.8 Å². The van der Waals surface area contributed by atoms with Crippen molar-refractivity contribution in [3.8, 4) is 0 Å². The molecule has 0 radical (unpaired) electrons. The lowest BCUT2D eigenvalue weighted by Crippen LogP contribution is -2.04. The van der Waals surface area contributed by atoms with Gasteiger partial charge in [0.1, 0.15) is 11.3 Å². The van der Waals surface area contributed by atoms with Crippen LogP contribution in [0.5, 0.6) is 0 Å². The number of nitrogens with zero attached hydrogens (tertiary/aromatic N) is 5. The lowest BCUT2D eigenvalue weighted by atomic mass is 10.2. The number of imidazole rings is 1. The maximum Gasteiger partial charge on any atom is 0.162 e. The minimum Gasteiger partial charge on any atom is -0.308 e. The highest BCUT2D eigenvalue weighted by Gasteiger charge is 2.17. The highest BCUT2D eigenvalue weighted by atomic mass is 35.5. The first-order chi connectivity index (χ1) is 10.0. The van der Waals surface area contributed by atoms with Crippen molar-refractivity contribution in [1.82, 2.24) is 24.3 Å². The van der Waals surface area contributed by atoms with Crippen LogP contribution in [0, 0.1) is 13.8 Å². The minimum absolute atomic E-state index is 0.362. The Kier molecular flexibility index (Phi) is 3.25. The Morgan fingerprint density at radius 1 is 1.33 bits per heavy atom. The molecule has 0 aliphatic rings. The van der Waals surface area contributed by atoms with Crippen molar-refractivity contribution >= 4 is 29.1 Å². The van der Waals surface area contributed by atoms with E-state index in [9.17, 15) is 4.79 Å².